The highest BCUT2D eigenvalue weighted by atomic mass is 31.2. The van der Waals surface area contributed by atoms with Crippen molar-refractivity contribution in [1.82, 2.24) is 9.53 Å². The van der Waals surface area contributed by atoms with Gasteiger partial charge in [0, 0.05) is 0 Å². The average molecular weight is 287 g/mol. The van der Waals surface area contributed by atoms with Crippen LogP contribution in [-0.2, 0) is 0 Å². The van der Waals surface area contributed by atoms with Crippen LogP contribution in [0.1, 0.15) is 0 Å². The maximum atomic E-state index is 12.4. The zero-order chi connectivity index (χ0) is 12.3. The van der Waals surface area contributed by atoms with E-state index in [2.05, 4.69) is 9.37 Å². The van der Waals surface area contributed by atoms with Gasteiger partial charge in [0.2, 0.25) is 0 Å². The third kappa shape index (κ3) is 4.92. The van der Waals surface area contributed by atoms with Crippen LogP contribution in [0.5, 0.6) is 0 Å². The number of nitrogens with one attached hydrogen (secondary N) is 1. The Labute approximate surface area is 88.8 Å². The molecule has 0 aliphatic heterocycles. The molecule has 0 heterocycles. The van der Waals surface area contributed by atoms with Gasteiger partial charge in [0.05, 0.1) is 8.37 Å². The Morgan fingerprint density at radius 3 is 2.00 bits per heavy atom. The van der Waals surface area contributed by atoms with Gasteiger partial charge in [-0.3, -0.25) is 4.67 Å². The molecule has 0 amide bonds. The van der Waals surface area contributed by atoms with Gasteiger partial charge in [-0.2, -0.15) is 22.0 Å². The van der Waals surface area contributed by atoms with Gasteiger partial charge in [-0.05, 0) is 14.1 Å². The second-order valence-electron chi connectivity index (χ2n) is 2.49. The highest BCUT2D eigenvalue weighted by Gasteiger charge is 2.57. The fraction of sp³-hybridized carbons (Fsp3) is 1.00. The van der Waals surface area contributed by atoms with Gasteiger partial charge in [-0.15, -0.1) is 0 Å². The number of hydrogen-bond acceptors (Lipinski definition) is 3. The molecule has 11 heteroatoms. The lowest BCUT2D eigenvalue weighted by Crippen LogP contribution is -2.30. The van der Waals surface area contributed by atoms with Crippen LogP contribution in [0, 0.1) is 0 Å². The van der Waals surface area contributed by atoms with Gasteiger partial charge in [0.1, 0.15) is 0 Å². The predicted molar refractivity (Wildman–Crippen MR) is 53.8 cm³/mol. The number of hydrogen-bond donors (Lipinski definition) is 1. The number of nitrogens with zero attached hydrogens (tertiary/aromatic N) is 2. The first-order valence-electron chi connectivity index (χ1n) is 3.43. The summed E-state index contributed by atoms with van der Waals surface area (Å²) in [5, 5.41) is 0. The molecule has 0 saturated heterocycles. The summed E-state index contributed by atoms with van der Waals surface area (Å²) in [7, 11) is 2.21. The predicted octanol–water partition coefficient (Wildman–Crippen LogP) is 3.44. The zero-order valence-electron chi connectivity index (χ0n) is 7.76. The van der Waals surface area contributed by atoms with Crippen LogP contribution >= 0.6 is 26.1 Å². The van der Waals surface area contributed by atoms with Crippen LogP contribution < -0.4 is 4.86 Å². The van der Waals surface area contributed by atoms with Crippen molar-refractivity contribution in [2.24, 2.45) is 4.52 Å². The normalized spacial score (nSPS) is 16.3. The molecule has 0 fully saturated rings. The second kappa shape index (κ2) is 5.74. The van der Waals surface area contributed by atoms with Gasteiger partial charge in [0.15, 0.2) is 8.37 Å². The number of alkyl halides is 5. The van der Waals surface area contributed by atoms with E-state index in [0.717, 1.165) is 0 Å². The van der Waals surface area contributed by atoms with Crippen LogP contribution in [0.3, 0.4) is 0 Å². The molecule has 0 saturated carbocycles. The van der Waals surface area contributed by atoms with Crippen LogP contribution in [0.2, 0.25) is 0 Å². The molecule has 0 aliphatic carbocycles. The molecule has 1 N–H and O–H groups in total. The fourth-order valence-electron chi connectivity index (χ4n) is 0.377. The van der Waals surface area contributed by atoms with Crippen molar-refractivity contribution in [3.63, 3.8) is 0 Å². The molecule has 0 spiro atoms. The minimum absolute atomic E-state index is 1.30. The van der Waals surface area contributed by atoms with Crippen molar-refractivity contribution in [3.05, 3.63) is 0 Å². The minimum Gasteiger partial charge on any atom is -0.257 e. The number of rotatable bonds is 4. The molecule has 0 aromatic heterocycles. The summed E-state index contributed by atoms with van der Waals surface area (Å²) in [5.74, 6) is 0. The summed E-state index contributed by atoms with van der Waals surface area (Å²) in [6.45, 7) is 0. The summed E-state index contributed by atoms with van der Waals surface area (Å²) < 4.78 is 64.7. The monoisotopic (exact) mass is 287 g/mol. The van der Waals surface area contributed by atoms with E-state index in [-0.39, 0.29) is 0 Å². The molecule has 0 rings (SSSR count). The molecule has 0 aliphatic rings. The molecule has 0 bridgehead atoms. The van der Waals surface area contributed by atoms with Crippen molar-refractivity contribution in [2.45, 2.75) is 11.8 Å². The first-order valence-corrected chi connectivity index (χ1v) is 6.10. The summed E-state index contributed by atoms with van der Waals surface area (Å²) in [4.78, 5) is 2.46. The molecule has 0 aromatic rings. The lowest BCUT2D eigenvalue weighted by Gasteiger charge is -2.19. The maximum absolute atomic E-state index is 12.4. The maximum Gasteiger partial charge on any atom is 0.463 e. The van der Waals surface area contributed by atoms with E-state index in [4.69, 9.17) is 0 Å². The Morgan fingerprint density at radius 1 is 1.27 bits per heavy atom. The molecular weight excluding hydrogens is 278 g/mol. The van der Waals surface area contributed by atoms with Gasteiger partial charge in [-0.25, -0.2) is 9.37 Å². The van der Waals surface area contributed by atoms with Crippen molar-refractivity contribution in [2.75, 3.05) is 14.1 Å². The minimum atomic E-state index is -5.56. The highest BCUT2D eigenvalue weighted by molar-refractivity contribution is 7.61. The second-order valence-corrected chi connectivity index (χ2v) is 6.38. The smallest absolute Gasteiger partial charge is 0.257 e. The molecular formula is C4H9F5N3P3. The third-order valence-electron chi connectivity index (χ3n) is 1.09. The topological polar surface area (TPSA) is 27.6 Å². The standard InChI is InChI=1S/C4H9F5N3P3/c1-12(2)15(10-13)11-14-4(8,9)3(5,6)7/h10H,13H2,1-2H3. The van der Waals surface area contributed by atoms with E-state index in [9.17, 15) is 22.0 Å². The largest absolute Gasteiger partial charge is 0.463 e. The van der Waals surface area contributed by atoms with E-state index in [1.807, 2.05) is 9.39 Å². The number of halogens is 5. The molecule has 3 nitrogen and oxygen atoms in total. The van der Waals surface area contributed by atoms with Gasteiger partial charge < -0.3 is 0 Å². The van der Waals surface area contributed by atoms with E-state index < -0.39 is 28.6 Å². The molecule has 90 valence electrons. The van der Waals surface area contributed by atoms with E-state index in [0.29, 0.717) is 0 Å². The fourth-order valence-corrected chi connectivity index (χ4v) is 3.51. The molecule has 2 atom stereocenters. The van der Waals surface area contributed by atoms with Crippen molar-refractivity contribution in [1.29, 1.82) is 0 Å². The Balaban J connectivity index is 4.63. The summed E-state index contributed by atoms with van der Waals surface area (Å²) >= 11 is 0. The Morgan fingerprint density at radius 2 is 1.73 bits per heavy atom. The summed E-state index contributed by atoms with van der Waals surface area (Å²) in [5.41, 5.74) is -4.80. The van der Waals surface area contributed by atoms with Gasteiger partial charge in [0.25, 0.3) is 0 Å². The molecule has 15 heavy (non-hydrogen) atoms. The van der Waals surface area contributed by atoms with Crippen molar-refractivity contribution >= 4 is 26.1 Å². The van der Waals surface area contributed by atoms with Crippen molar-refractivity contribution in [3.8, 4) is 0 Å². The van der Waals surface area contributed by atoms with Crippen LogP contribution in [0.25, 0.3) is 0 Å². The van der Waals surface area contributed by atoms with Crippen LogP contribution in [0.4, 0.5) is 22.0 Å². The summed E-state index contributed by atoms with van der Waals surface area (Å²) in [6, 6.07) is 0. The van der Waals surface area contributed by atoms with Crippen LogP contribution in [0.15, 0.2) is 4.52 Å². The average Bonchev–Trinajstić information content (AvgIpc) is 2.02. The molecule has 2 unspecified atom stereocenters. The highest BCUT2D eigenvalue weighted by Crippen LogP contribution is 2.49. The Hall–Kier alpha value is 0.530. The Kier molecular flexibility index (Phi) is 5.94. The molecule has 0 radical (unpaired) electrons. The Bertz CT molecular complexity index is 230. The van der Waals surface area contributed by atoms with Crippen LogP contribution in [-0.4, -0.2) is 30.6 Å². The first kappa shape index (κ1) is 15.5. The summed E-state index contributed by atoms with van der Waals surface area (Å²) in [6.07, 6.45) is -5.56. The van der Waals surface area contributed by atoms with Gasteiger partial charge >= 0.3 is 11.8 Å². The SMILES string of the molecule is CN(C)P(N=PC(F)(F)C(F)(F)F)NP. The quantitative estimate of drug-likeness (QED) is 0.633. The lowest BCUT2D eigenvalue weighted by molar-refractivity contribution is -0.238. The first-order chi connectivity index (χ1) is 6.62. The van der Waals surface area contributed by atoms with Crippen molar-refractivity contribution < 1.29 is 22.0 Å². The van der Waals surface area contributed by atoms with Gasteiger partial charge in [-0.1, -0.05) is 9.39 Å². The van der Waals surface area contributed by atoms with E-state index >= 15 is 0 Å². The zero-order valence-corrected chi connectivity index (χ0v) is 10.7. The van der Waals surface area contributed by atoms with E-state index in [1.54, 1.807) is 0 Å². The third-order valence-corrected chi connectivity index (χ3v) is 4.31. The molecule has 0 aromatic carbocycles. The van der Waals surface area contributed by atoms with E-state index in [1.165, 1.54) is 18.8 Å². The lowest BCUT2D eigenvalue weighted by atomic mass is 10.7.